The highest BCUT2D eigenvalue weighted by atomic mass is 16.5. The molecule has 5 nitrogen and oxygen atoms in total. The molecule has 0 amide bonds. The summed E-state index contributed by atoms with van der Waals surface area (Å²) >= 11 is 0. The molecule has 1 aromatic carbocycles. The maximum atomic E-state index is 5.72. The first kappa shape index (κ1) is 15.8. The van der Waals surface area contributed by atoms with Crippen molar-refractivity contribution >= 4 is 0 Å². The number of benzene rings is 1. The molecule has 0 heterocycles. The van der Waals surface area contributed by atoms with Crippen LogP contribution in [-0.4, -0.2) is 26.9 Å². The third-order valence-electron chi connectivity index (χ3n) is 3.70. The fraction of sp³-hybridized carbons (Fsp3) is 0.571. The molecule has 2 atom stereocenters. The highest BCUT2D eigenvalue weighted by molar-refractivity contribution is 5.43. The van der Waals surface area contributed by atoms with E-state index >= 15 is 0 Å². The molecule has 3 N–H and O–H groups in total. The number of hydrogen-bond donors (Lipinski definition) is 2. The average molecular weight is 268 g/mol. The number of ether oxygens (including phenoxy) is 3. The molecule has 0 aliphatic rings. The van der Waals surface area contributed by atoms with Gasteiger partial charge in [-0.15, -0.1) is 0 Å². The molecule has 19 heavy (non-hydrogen) atoms. The van der Waals surface area contributed by atoms with Gasteiger partial charge in [0, 0.05) is 18.7 Å². The fourth-order valence-electron chi connectivity index (χ4n) is 2.12. The number of methoxy groups -OCH3 is 3. The van der Waals surface area contributed by atoms with Crippen LogP contribution in [0.15, 0.2) is 18.2 Å². The third-order valence-corrected chi connectivity index (χ3v) is 3.70. The highest BCUT2D eigenvalue weighted by Crippen LogP contribution is 2.37. The lowest BCUT2D eigenvalue weighted by molar-refractivity contribution is -0.0305. The Morgan fingerprint density at radius 3 is 2.37 bits per heavy atom. The van der Waals surface area contributed by atoms with Gasteiger partial charge < -0.3 is 14.2 Å². The minimum atomic E-state index is -0.420. The van der Waals surface area contributed by atoms with Gasteiger partial charge in [-0.05, 0) is 25.5 Å². The van der Waals surface area contributed by atoms with Crippen LogP contribution in [0.25, 0.3) is 0 Å². The molecule has 0 saturated heterocycles. The standard InChI is InChI=1S/C14H24N2O3/c1-6-14(2,19-5)13(16-15)11-8-7-10(17-3)9-12(11)18-4/h7-9,13,16H,6,15H2,1-5H3. The van der Waals surface area contributed by atoms with Crippen molar-refractivity contribution in [2.75, 3.05) is 21.3 Å². The number of rotatable bonds is 7. The summed E-state index contributed by atoms with van der Waals surface area (Å²) in [5.74, 6) is 7.18. The van der Waals surface area contributed by atoms with Crippen LogP contribution in [0, 0.1) is 0 Å². The molecule has 1 rings (SSSR count). The van der Waals surface area contributed by atoms with Crippen LogP contribution in [0.1, 0.15) is 31.9 Å². The van der Waals surface area contributed by atoms with E-state index in [0.29, 0.717) is 0 Å². The van der Waals surface area contributed by atoms with Crippen molar-refractivity contribution in [3.8, 4) is 11.5 Å². The summed E-state index contributed by atoms with van der Waals surface area (Å²) in [6.07, 6.45) is 0.813. The van der Waals surface area contributed by atoms with E-state index in [0.717, 1.165) is 23.5 Å². The first-order chi connectivity index (χ1) is 9.06. The first-order valence-corrected chi connectivity index (χ1v) is 6.29. The molecule has 0 radical (unpaired) electrons. The van der Waals surface area contributed by atoms with E-state index in [4.69, 9.17) is 20.1 Å². The lowest BCUT2D eigenvalue weighted by Crippen LogP contribution is -2.45. The second-order valence-corrected chi connectivity index (χ2v) is 4.58. The minimum absolute atomic E-state index is 0.177. The number of nitrogens with one attached hydrogen (secondary N) is 1. The van der Waals surface area contributed by atoms with Crippen LogP contribution in [0.4, 0.5) is 0 Å². The van der Waals surface area contributed by atoms with Gasteiger partial charge in [-0.3, -0.25) is 5.84 Å². The molecule has 0 fully saturated rings. The maximum Gasteiger partial charge on any atom is 0.127 e. The van der Waals surface area contributed by atoms with E-state index in [1.54, 1.807) is 21.3 Å². The summed E-state index contributed by atoms with van der Waals surface area (Å²) in [6.45, 7) is 4.07. The van der Waals surface area contributed by atoms with Crippen LogP contribution in [0.3, 0.4) is 0 Å². The highest BCUT2D eigenvalue weighted by Gasteiger charge is 2.35. The van der Waals surface area contributed by atoms with E-state index in [-0.39, 0.29) is 6.04 Å². The topological polar surface area (TPSA) is 65.7 Å². The van der Waals surface area contributed by atoms with Crippen molar-refractivity contribution in [1.82, 2.24) is 5.43 Å². The van der Waals surface area contributed by atoms with Crippen molar-refractivity contribution in [3.63, 3.8) is 0 Å². The average Bonchev–Trinajstić information content (AvgIpc) is 2.47. The molecule has 5 heteroatoms. The SMILES string of the molecule is CCC(C)(OC)C(NN)c1ccc(OC)cc1OC. The molecule has 1 aromatic rings. The van der Waals surface area contributed by atoms with Gasteiger partial charge in [-0.1, -0.05) is 6.92 Å². The normalized spacial score (nSPS) is 15.7. The van der Waals surface area contributed by atoms with Crippen LogP contribution in [-0.2, 0) is 4.74 Å². The van der Waals surface area contributed by atoms with E-state index < -0.39 is 5.60 Å². The van der Waals surface area contributed by atoms with Crippen molar-refractivity contribution < 1.29 is 14.2 Å². The van der Waals surface area contributed by atoms with Crippen LogP contribution >= 0.6 is 0 Å². The molecular weight excluding hydrogens is 244 g/mol. The van der Waals surface area contributed by atoms with E-state index in [9.17, 15) is 0 Å². The second kappa shape index (κ2) is 6.75. The summed E-state index contributed by atoms with van der Waals surface area (Å²) in [7, 11) is 4.93. The van der Waals surface area contributed by atoms with Gasteiger partial charge in [0.25, 0.3) is 0 Å². The Morgan fingerprint density at radius 2 is 1.95 bits per heavy atom. The summed E-state index contributed by atoms with van der Waals surface area (Å²) in [5, 5.41) is 0. The lowest BCUT2D eigenvalue weighted by atomic mass is 9.87. The summed E-state index contributed by atoms with van der Waals surface area (Å²) in [6, 6.07) is 5.48. The predicted octanol–water partition coefficient (Wildman–Crippen LogP) is 2.02. The van der Waals surface area contributed by atoms with Crippen molar-refractivity contribution in [1.29, 1.82) is 0 Å². The lowest BCUT2D eigenvalue weighted by Gasteiger charge is -2.36. The van der Waals surface area contributed by atoms with E-state index in [2.05, 4.69) is 12.3 Å². The van der Waals surface area contributed by atoms with Crippen LogP contribution in [0.5, 0.6) is 11.5 Å². The van der Waals surface area contributed by atoms with E-state index in [1.807, 2.05) is 25.1 Å². The summed E-state index contributed by atoms with van der Waals surface area (Å²) in [5.41, 5.74) is 3.35. The van der Waals surface area contributed by atoms with Gasteiger partial charge in [0.15, 0.2) is 0 Å². The van der Waals surface area contributed by atoms with Crippen molar-refractivity contribution in [3.05, 3.63) is 23.8 Å². The first-order valence-electron chi connectivity index (χ1n) is 6.29. The van der Waals surface area contributed by atoms with Crippen molar-refractivity contribution in [2.24, 2.45) is 5.84 Å². The summed E-state index contributed by atoms with van der Waals surface area (Å²) in [4.78, 5) is 0. The zero-order chi connectivity index (χ0) is 14.5. The molecule has 0 aliphatic carbocycles. The Kier molecular flexibility index (Phi) is 5.60. The molecular formula is C14H24N2O3. The Labute approximate surface area is 115 Å². The van der Waals surface area contributed by atoms with Crippen LogP contribution < -0.4 is 20.7 Å². The van der Waals surface area contributed by atoms with Gasteiger partial charge in [-0.2, -0.15) is 0 Å². The van der Waals surface area contributed by atoms with Gasteiger partial charge in [0.05, 0.1) is 25.9 Å². The Morgan fingerprint density at radius 1 is 1.26 bits per heavy atom. The Hall–Kier alpha value is -1.30. The maximum absolute atomic E-state index is 5.72. The molecule has 0 aliphatic heterocycles. The monoisotopic (exact) mass is 268 g/mol. The zero-order valence-electron chi connectivity index (χ0n) is 12.3. The predicted molar refractivity (Wildman–Crippen MR) is 75.3 cm³/mol. The zero-order valence-corrected chi connectivity index (χ0v) is 12.3. The van der Waals surface area contributed by atoms with Gasteiger partial charge in [0.1, 0.15) is 11.5 Å². The number of hydrogen-bond acceptors (Lipinski definition) is 5. The minimum Gasteiger partial charge on any atom is -0.497 e. The summed E-state index contributed by atoms with van der Waals surface area (Å²) < 4.78 is 16.2. The quantitative estimate of drug-likeness (QED) is 0.585. The molecule has 2 unspecified atom stereocenters. The Balaban J connectivity index is 3.25. The second-order valence-electron chi connectivity index (χ2n) is 4.58. The number of nitrogens with two attached hydrogens (primary N) is 1. The third kappa shape index (κ3) is 3.18. The van der Waals surface area contributed by atoms with Gasteiger partial charge in [-0.25, -0.2) is 5.43 Å². The smallest absolute Gasteiger partial charge is 0.127 e. The fourth-order valence-corrected chi connectivity index (χ4v) is 2.12. The molecule has 0 aromatic heterocycles. The molecule has 0 saturated carbocycles. The molecule has 0 bridgehead atoms. The van der Waals surface area contributed by atoms with E-state index in [1.165, 1.54) is 0 Å². The van der Waals surface area contributed by atoms with Crippen molar-refractivity contribution in [2.45, 2.75) is 31.9 Å². The molecule has 108 valence electrons. The molecule has 0 spiro atoms. The number of hydrazine groups is 1. The largest absolute Gasteiger partial charge is 0.497 e. The van der Waals surface area contributed by atoms with Gasteiger partial charge in [0.2, 0.25) is 0 Å². The van der Waals surface area contributed by atoms with Crippen LogP contribution in [0.2, 0.25) is 0 Å². The Bertz CT molecular complexity index is 406. The van der Waals surface area contributed by atoms with Gasteiger partial charge >= 0.3 is 0 Å².